The van der Waals surface area contributed by atoms with Crippen LogP contribution in [0.3, 0.4) is 0 Å². The van der Waals surface area contributed by atoms with Crippen LogP contribution in [0.4, 0.5) is 10.1 Å². The number of amides is 2. The molecule has 0 aromatic heterocycles. The molecule has 3 aromatic rings. The number of carbonyl (C=O) groups excluding carboxylic acids is 2. The van der Waals surface area contributed by atoms with Gasteiger partial charge in [0.25, 0.3) is 0 Å². The van der Waals surface area contributed by atoms with Crippen LogP contribution in [0, 0.1) is 5.82 Å². The Balaban J connectivity index is 1.69. The summed E-state index contributed by atoms with van der Waals surface area (Å²) in [5.41, 5.74) is 1.41. The molecule has 2 atom stereocenters. The van der Waals surface area contributed by atoms with Crippen molar-refractivity contribution in [1.29, 1.82) is 0 Å². The summed E-state index contributed by atoms with van der Waals surface area (Å²) in [6.07, 6.45) is 0.324. The number of carbonyl (C=O) groups is 2. The third-order valence-electron chi connectivity index (χ3n) is 5.62. The minimum atomic E-state index is -1.22. The van der Waals surface area contributed by atoms with Crippen LogP contribution < -0.4 is 14.5 Å². The number of methoxy groups -OCH3 is 1. The molecule has 0 radical (unpaired) electrons. The molecule has 32 heavy (non-hydrogen) atoms. The first-order chi connectivity index (χ1) is 15.4. The van der Waals surface area contributed by atoms with Crippen LogP contribution in [0.15, 0.2) is 78.9 Å². The standard InChI is InChI=1S/C25H23FN2O3Se/c1-28-22(17-8-10-18(26)11-9-17)16-25(24(28)30,32-21-6-4-3-5-7-21)23(29)27-19-12-14-20(31-2)15-13-19/h3-15,22H,16H2,1-2H3,(H,27,29). The molecule has 5 nitrogen and oxygen atoms in total. The van der Waals surface area contributed by atoms with E-state index >= 15 is 0 Å². The summed E-state index contributed by atoms with van der Waals surface area (Å²) in [4.78, 5) is 28.9. The zero-order chi connectivity index (χ0) is 22.7. The van der Waals surface area contributed by atoms with Crippen LogP contribution in [0.1, 0.15) is 18.0 Å². The maximum absolute atomic E-state index is 13.6. The molecule has 7 heteroatoms. The second kappa shape index (κ2) is 9.15. The van der Waals surface area contributed by atoms with E-state index in [1.165, 1.54) is 12.1 Å². The molecule has 1 aliphatic heterocycles. The van der Waals surface area contributed by atoms with Gasteiger partial charge in [0.15, 0.2) is 0 Å². The summed E-state index contributed by atoms with van der Waals surface area (Å²) in [6, 6.07) is 22.4. The number of ether oxygens (including phenoxy) is 1. The van der Waals surface area contributed by atoms with Gasteiger partial charge in [-0.15, -0.1) is 0 Å². The second-order valence-corrected chi connectivity index (χ2v) is 10.5. The van der Waals surface area contributed by atoms with Crippen molar-refractivity contribution in [2.24, 2.45) is 0 Å². The summed E-state index contributed by atoms with van der Waals surface area (Å²) in [7, 11) is 3.29. The van der Waals surface area contributed by atoms with E-state index in [0.717, 1.165) is 10.0 Å². The van der Waals surface area contributed by atoms with Gasteiger partial charge in [-0.1, -0.05) is 0 Å². The zero-order valence-electron chi connectivity index (χ0n) is 17.7. The first kappa shape index (κ1) is 22.1. The number of anilines is 1. The van der Waals surface area contributed by atoms with E-state index in [0.29, 0.717) is 17.9 Å². The van der Waals surface area contributed by atoms with Crippen molar-refractivity contribution in [2.75, 3.05) is 19.5 Å². The number of nitrogens with one attached hydrogen (secondary N) is 1. The van der Waals surface area contributed by atoms with Crippen LogP contribution in [-0.4, -0.2) is 45.8 Å². The predicted octanol–water partition coefficient (Wildman–Crippen LogP) is 3.56. The van der Waals surface area contributed by atoms with Crippen LogP contribution in [0.5, 0.6) is 5.75 Å². The molecular formula is C25H23FN2O3Se. The Morgan fingerprint density at radius 2 is 1.72 bits per heavy atom. The first-order valence-corrected chi connectivity index (χ1v) is 11.9. The SMILES string of the molecule is COc1ccc(NC(=O)C2([Se]c3ccccc3)CC(c3ccc(F)cc3)N(C)C2=O)cc1. The van der Waals surface area contributed by atoms with E-state index in [2.05, 4.69) is 5.32 Å². The van der Waals surface area contributed by atoms with Gasteiger partial charge >= 0.3 is 193 Å². The Morgan fingerprint density at radius 3 is 2.34 bits per heavy atom. The van der Waals surface area contributed by atoms with Crippen molar-refractivity contribution in [1.82, 2.24) is 4.90 Å². The monoisotopic (exact) mass is 498 g/mol. The average molecular weight is 497 g/mol. The van der Waals surface area contributed by atoms with Gasteiger partial charge in [0, 0.05) is 0 Å². The predicted molar refractivity (Wildman–Crippen MR) is 123 cm³/mol. The number of nitrogens with zero attached hydrogens (tertiary/aromatic N) is 1. The van der Waals surface area contributed by atoms with Gasteiger partial charge < -0.3 is 0 Å². The first-order valence-electron chi connectivity index (χ1n) is 10.2. The number of rotatable bonds is 6. The summed E-state index contributed by atoms with van der Waals surface area (Å²) < 4.78 is 18.4. The number of benzene rings is 3. The van der Waals surface area contributed by atoms with Gasteiger partial charge in [0.1, 0.15) is 0 Å². The summed E-state index contributed by atoms with van der Waals surface area (Å²) >= 11 is -0.453. The molecule has 1 aliphatic rings. The van der Waals surface area contributed by atoms with Crippen LogP contribution in [0.2, 0.25) is 4.31 Å². The average Bonchev–Trinajstić information content (AvgIpc) is 3.07. The number of hydrogen-bond donors (Lipinski definition) is 1. The van der Waals surface area contributed by atoms with Crippen molar-refractivity contribution >= 4 is 36.9 Å². The molecule has 0 saturated carbocycles. The van der Waals surface area contributed by atoms with E-state index < -0.39 is 19.3 Å². The van der Waals surface area contributed by atoms with E-state index in [-0.39, 0.29) is 23.7 Å². The third-order valence-corrected chi connectivity index (χ3v) is 8.52. The van der Waals surface area contributed by atoms with Crippen molar-refractivity contribution in [3.8, 4) is 5.75 Å². The molecule has 2 unspecified atom stereocenters. The summed E-state index contributed by atoms with van der Waals surface area (Å²) in [5, 5.41) is 2.94. The topological polar surface area (TPSA) is 58.6 Å². The van der Waals surface area contributed by atoms with Gasteiger partial charge in [-0.3, -0.25) is 0 Å². The molecule has 4 rings (SSSR count). The molecule has 1 heterocycles. The van der Waals surface area contributed by atoms with Crippen molar-refractivity contribution in [3.63, 3.8) is 0 Å². The van der Waals surface area contributed by atoms with Gasteiger partial charge in [-0.25, -0.2) is 0 Å². The zero-order valence-corrected chi connectivity index (χ0v) is 19.5. The Hall–Kier alpha value is -3.15. The fraction of sp³-hybridized carbons (Fsp3) is 0.200. The molecule has 0 aliphatic carbocycles. The third kappa shape index (κ3) is 4.27. The number of likely N-dealkylation sites (tertiary alicyclic amines) is 1. The Morgan fingerprint density at radius 1 is 1.06 bits per heavy atom. The Labute approximate surface area is 192 Å². The molecule has 1 N–H and O–H groups in total. The molecule has 1 fully saturated rings. The second-order valence-electron chi connectivity index (χ2n) is 7.61. The van der Waals surface area contributed by atoms with Gasteiger partial charge in [-0.05, 0) is 0 Å². The van der Waals surface area contributed by atoms with E-state index in [9.17, 15) is 14.0 Å². The molecule has 0 spiro atoms. The van der Waals surface area contributed by atoms with Crippen LogP contribution in [-0.2, 0) is 9.59 Å². The summed E-state index contributed by atoms with van der Waals surface area (Å²) in [5.74, 6) is -0.202. The van der Waals surface area contributed by atoms with Crippen LogP contribution in [0.25, 0.3) is 0 Å². The normalized spacial score (nSPS) is 20.3. The molecular weight excluding hydrogens is 474 g/mol. The molecule has 0 bridgehead atoms. The Bertz CT molecular complexity index is 1110. The van der Waals surface area contributed by atoms with E-state index in [4.69, 9.17) is 4.74 Å². The summed E-state index contributed by atoms with van der Waals surface area (Å²) in [6.45, 7) is 0. The quantitative estimate of drug-likeness (QED) is 0.419. The van der Waals surface area contributed by atoms with Gasteiger partial charge in [0.05, 0.1) is 0 Å². The number of halogens is 1. The van der Waals surface area contributed by atoms with Gasteiger partial charge in [0.2, 0.25) is 0 Å². The van der Waals surface area contributed by atoms with E-state index in [1.54, 1.807) is 55.5 Å². The fourth-order valence-electron chi connectivity index (χ4n) is 3.87. The van der Waals surface area contributed by atoms with Crippen molar-refractivity contribution < 1.29 is 18.7 Å². The fourth-order valence-corrected chi connectivity index (χ4v) is 6.62. The van der Waals surface area contributed by atoms with Gasteiger partial charge in [-0.2, -0.15) is 0 Å². The molecule has 1 saturated heterocycles. The molecule has 3 aromatic carbocycles. The van der Waals surface area contributed by atoms with Crippen LogP contribution >= 0.6 is 0 Å². The van der Waals surface area contributed by atoms with E-state index in [1.807, 2.05) is 30.3 Å². The molecule has 2 amide bonds. The van der Waals surface area contributed by atoms with Crippen molar-refractivity contribution in [2.45, 2.75) is 16.8 Å². The molecule has 164 valence electrons. The Kier molecular flexibility index (Phi) is 6.31. The van der Waals surface area contributed by atoms with Crippen molar-refractivity contribution in [3.05, 3.63) is 90.2 Å². The maximum atomic E-state index is 13.6. The number of hydrogen-bond acceptors (Lipinski definition) is 3. The minimum absolute atomic E-state index is 0.221.